The van der Waals surface area contributed by atoms with E-state index in [-0.39, 0.29) is 12.3 Å². The second kappa shape index (κ2) is 6.00. The van der Waals surface area contributed by atoms with Crippen molar-refractivity contribution in [3.05, 3.63) is 0 Å². The summed E-state index contributed by atoms with van der Waals surface area (Å²) in [4.78, 5) is 32.7. The normalized spacial score (nSPS) is 13.8. The molecule has 0 heterocycles. The Balaban J connectivity index is 4.10. The lowest BCUT2D eigenvalue weighted by Crippen LogP contribution is -2.49. The number of carboxylic acid groups (broad SMARTS) is 1. The van der Waals surface area contributed by atoms with E-state index in [0.717, 1.165) is 0 Å². The van der Waals surface area contributed by atoms with E-state index < -0.39 is 24.0 Å². The van der Waals surface area contributed by atoms with E-state index in [0.29, 0.717) is 0 Å². The van der Waals surface area contributed by atoms with Gasteiger partial charge in [-0.15, -0.1) is 0 Å². The average molecular weight is 216 g/mol. The third-order valence-electron chi connectivity index (χ3n) is 1.82. The van der Waals surface area contributed by atoms with Crippen LogP contribution in [-0.2, 0) is 14.4 Å². The van der Waals surface area contributed by atoms with Crippen LogP contribution in [0.2, 0.25) is 0 Å². The van der Waals surface area contributed by atoms with Crippen molar-refractivity contribution in [2.45, 2.75) is 39.3 Å². The molecule has 0 bridgehead atoms. The highest BCUT2D eigenvalue weighted by molar-refractivity contribution is 5.89. The molecule has 0 radical (unpaired) electrons. The van der Waals surface area contributed by atoms with Gasteiger partial charge in [-0.2, -0.15) is 0 Å². The molecule has 0 aliphatic carbocycles. The maximum Gasteiger partial charge on any atom is 0.325 e. The fourth-order valence-electron chi connectivity index (χ4n) is 0.809. The van der Waals surface area contributed by atoms with Gasteiger partial charge in [-0.25, -0.2) is 0 Å². The summed E-state index contributed by atoms with van der Waals surface area (Å²) in [6, 6.07) is -1.68. The Bertz CT molecular complexity index is 265. The van der Waals surface area contributed by atoms with Crippen molar-refractivity contribution in [2.24, 2.45) is 0 Å². The maximum atomic E-state index is 11.3. The van der Waals surface area contributed by atoms with E-state index in [2.05, 4.69) is 10.6 Å². The van der Waals surface area contributed by atoms with Gasteiger partial charge in [-0.3, -0.25) is 14.4 Å². The first-order valence-corrected chi connectivity index (χ1v) is 4.71. The minimum atomic E-state index is -1.11. The van der Waals surface area contributed by atoms with E-state index in [4.69, 9.17) is 5.11 Å². The van der Waals surface area contributed by atoms with Crippen LogP contribution in [0.1, 0.15) is 27.2 Å². The summed E-state index contributed by atoms with van der Waals surface area (Å²) in [5.74, 6) is -1.87. The topological polar surface area (TPSA) is 95.5 Å². The molecule has 0 spiro atoms. The lowest BCUT2D eigenvalue weighted by Gasteiger charge is -2.15. The second-order valence-corrected chi connectivity index (χ2v) is 3.21. The monoisotopic (exact) mass is 216 g/mol. The van der Waals surface area contributed by atoms with Crippen molar-refractivity contribution < 1.29 is 19.5 Å². The second-order valence-electron chi connectivity index (χ2n) is 3.21. The summed E-state index contributed by atoms with van der Waals surface area (Å²) in [6.07, 6.45) is 0.284. The molecule has 3 N–H and O–H groups in total. The highest BCUT2D eigenvalue weighted by Crippen LogP contribution is 1.88. The van der Waals surface area contributed by atoms with Gasteiger partial charge in [-0.05, 0) is 13.8 Å². The molecule has 2 atom stereocenters. The van der Waals surface area contributed by atoms with Crippen LogP contribution in [0.15, 0.2) is 0 Å². The maximum absolute atomic E-state index is 11.3. The lowest BCUT2D eigenvalue weighted by molar-refractivity contribution is -0.141. The number of aliphatic carboxylic acids is 1. The third kappa shape index (κ3) is 4.99. The highest BCUT2D eigenvalue weighted by atomic mass is 16.4. The molecule has 2 amide bonds. The molecule has 0 aromatic heterocycles. The molecule has 0 rings (SSSR count). The number of rotatable bonds is 5. The predicted octanol–water partition coefficient (Wildman–Crippen LogP) is -0.510. The quantitative estimate of drug-likeness (QED) is 0.576. The zero-order valence-corrected chi connectivity index (χ0v) is 9.03. The standard InChI is InChI=1S/C9H16N2O4/c1-4-7(12)10-5(2)8(13)11-6(3)9(14)15/h5-6H,4H2,1-3H3,(H,10,12)(H,11,13)(H,14,15). The van der Waals surface area contributed by atoms with Crippen molar-refractivity contribution in [1.82, 2.24) is 10.6 Å². The van der Waals surface area contributed by atoms with Crippen molar-refractivity contribution in [2.75, 3.05) is 0 Å². The Morgan fingerprint density at radius 2 is 1.67 bits per heavy atom. The van der Waals surface area contributed by atoms with Crippen LogP contribution in [0.3, 0.4) is 0 Å². The molecule has 0 fully saturated rings. The van der Waals surface area contributed by atoms with Crippen molar-refractivity contribution in [3.63, 3.8) is 0 Å². The molecular weight excluding hydrogens is 200 g/mol. The van der Waals surface area contributed by atoms with Crippen LogP contribution in [-0.4, -0.2) is 35.0 Å². The summed E-state index contributed by atoms with van der Waals surface area (Å²) in [6.45, 7) is 4.52. The first-order valence-electron chi connectivity index (χ1n) is 4.71. The molecular formula is C9H16N2O4. The number of hydrogen-bond acceptors (Lipinski definition) is 3. The fourth-order valence-corrected chi connectivity index (χ4v) is 0.809. The van der Waals surface area contributed by atoms with Gasteiger partial charge in [0.1, 0.15) is 12.1 Å². The molecule has 0 aliphatic heterocycles. The molecule has 6 nitrogen and oxygen atoms in total. The van der Waals surface area contributed by atoms with Crippen LogP contribution in [0.25, 0.3) is 0 Å². The van der Waals surface area contributed by atoms with Crippen molar-refractivity contribution in [1.29, 1.82) is 0 Å². The van der Waals surface area contributed by atoms with E-state index in [1.165, 1.54) is 13.8 Å². The van der Waals surface area contributed by atoms with Crippen LogP contribution in [0, 0.1) is 0 Å². The number of carbonyl (C=O) groups excluding carboxylic acids is 2. The summed E-state index contributed by atoms with van der Waals surface area (Å²) >= 11 is 0. The Hall–Kier alpha value is -1.59. The largest absolute Gasteiger partial charge is 0.480 e. The minimum absolute atomic E-state index is 0.249. The Labute approximate surface area is 88.0 Å². The van der Waals surface area contributed by atoms with Gasteiger partial charge in [-0.1, -0.05) is 6.92 Å². The van der Waals surface area contributed by atoms with Crippen molar-refractivity contribution >= 4 is 17.8 Å². The molecule has 6 heteroatoms. The Kier molecular flexibility index (Phi) is 5.36. The molecule has 2 unspecified atom stereocenters. The first kappa shape index (κ1) is 13.4. The van der Waals surface area contributed by atoms with Gasteiger partial charge < -0.3 is 15.7 Å². The zero-order valence-electron chi connectivity index (χ0n) is 9.03. The van der Waals surface area contributed by atoms with Crippen molar-refractivity contribution in [3.8, 4) is 0 Å². The van der Waals surface area contributed by atoms with Gasteiger partial charge in [0.05, 0.1) is 0 Å². The smallest absolute Gasteiger partial charge is 0.325 e. The van der Waals surface area contributed by atoms with Gasteiger partial charge in [0, 0.05) is 6.42 Å². The predicted molar refractivity (Wildman–Crippen MR) is 53.1 cm³/mol. The van der Waals surface area contributed by atoms with Crippen LogP contribution >= 0.6 is 0 Å². The number of carboxylic acids is 1. The Morgan fingerprint density at radius 3 is 2.07 bits per heavy atom. The van der Waals surface area contributed by atoms with Gasteiger partial charge in [0.25, 0.3) is 0 Å². The molecule has 0 aromatic carbocycles. The molecule has 0 aliphatic rings. The van der Waals surface area contributed by atoms with E-state index in [1.807, 2.05) is 0 Å². The fraction of sp³-hybridized carbons (Fsp3) is 0.667. The first-order chi connectivity index (χ1) is 6.88. The summed E-state index contributed by atoms with van der Waals surface area (Å²) in [7, 11) is 0. The van der Waals surface area contributed by atoms with E-state index in [9.17, 15) is 14.4 Å². The average Bonchev–Trinajstić information content (AvgIpc) is 2.16. The molecule has 15 heavy (non-hydrogen) atoms. The number of hydrogen-bond donors (Lipinski definition) is 3. The molecule has 0 saturated heterocycles. The highest BCUT2D eigenvalue weighted by Gasteiger charge is 2.19. The molecule has 0 saturated carbocycles. The third-order valence-corrected chi connectivity index (χ3v) is 1.82. The lowest BCUT2D eigenvalue weighted by atomic mass is 10.2. The number of nitrogens with one attached hydrogen (secondary N) is 2. The zero-order chi connectivity index (χ0) is 12.0. The van der Waals surface area contributed by atoms with E-state index >= 15 is 0 Å². The van der Waals surface area contributed by atoms with Gasteiger partial charge in [0.2, 0.25) is 11.8 Å². The summed E-state index contributed by atoms with van der Waals surface area (Å²) < 4.78 is 0. The molecule has 0 aromatic rings. The van der Waals surface area contributed by atoms with Crippen LogP contribution in [0.4, 0.5) is 0 Å². The van der Waals surface area contributed by atoms with Gasteiger partial charge >= 0.3 is 5.97 Å². The van der Waals surface area contributed by atoms with E-state index in [1.54, 1.807) is 6.92 Å². The number of carbonyl (C=O) groups is 3. The SMILES string of the molecule is CCC(=O)NC(C)C(=O)NC(C)C(=O)O. The number of amides is 2. The minimum Gasteiger partial charge on any atom is -0.480 e. The van der Waals surface area contributed by atoms with Crippen LogP contribution < -0.4 is 10.6 Å². The van der Waals surface area contributed by atoms with Gasteiger partial charge in [0.15, 0.2) is 0 Å². The molecule has 86 valence electrons. The summed E-state index contributed by atoms with van der Waals surface area (Å²) in [5.41, 5.74) is 0. The van der Waals surface area contributed by atoms with Crippen LogP contribution in [0.5, 0.6) is 0 Å². The Morgan fingerprint density at radius 1 is 1.13 bits per heavy atom. The summed E-state index contributed by atoms with van der Waals surface area (Å²) in [5, 5.41) is 13.2.